The molecule has 1 aliphatic heterocycles. The van der Waals surface area contributed by atoms with E-state index >= 15 is 0 Å². The van der Waals surface area contributed by atoms with E-state index in [2.05, 4.69) is 29.2 Å². The van der Waals surface area contributed by atoms with Crippen molar-refractivity contribution in [2.45, 2.75) is 50.4 Å². The van der Waals surface area contributed by atoms with Gasteiger partial charge in [0, 0.05) is 37.2 Å². The molecular formula is C20H21F3N2. The van der Waals surface area contributed by atoms with Crippen molar-refractivity contribution >= 4 is 0 Å². The normalized spacial score (nSPS) is 26.6. The number of rotatable bonds is 2. The summed E-state index contributed by atoms with van der Waals surface area (Å²) in [4.78, 5) is 2.42. The maximum Gasteiger partial charge on any atom is 0.161 e. The fraction of sp³-hybridized carbons (Fsp3) is 0.400. The number of nitrogens with two attached hydrogens (primary N) is 1. The van der Waals surface area contributed by atoms with Crippen LogP contribution in [0.3, 0.4) is 0 Å². The predicted molar refractivity (Wildman–Crippen MR) is 90.4 cm³/mol. The Balaban J connectivity index is 1.47. The highest BCUT2D eigenvalue weighted by molar-refractivity contribution is 5.31. The second-order valence-corrected chi connectivity index (χ2v) is 7.20. The summed E-state index contributed by atoms with van der Waals surface area (Å²) in [6, 6.07) is 10.1. The Morgan fingerprint density at radius 3 is 2.16 bits per heavy atom. The lowest BCUT2D eigenvalue weighted by Crippen LogP contribution is -2.44. The molecule has 1 aliphatic carbocycles. The molecule has 25 heavy (non-hydrogen) atoms. The van der Waals surface area contributed by atoms with Crippen LogP contribution in [0.1, 0.15) is 41.9 Å². The Labute approximate surface area is 145 Å². The first kappa shape index (κ1) is 16.6. The zero-order chi connectivity index (χ0) is 17.6. The third-order valence-corrected chi connectivity index (χ3v) is 5.69. The topological polar surface area (TPSA) is 29.3 Å². The highest BCUT2D eigenvalue weighted by Crippen LogP contribution is 2.38. The number of fused-ring (bicyclic) bond motifs is 1. The van der Waals surface area contributed by atoms with Crippen molar-refractivity contribution in [3.05, 3.63) is 70.5 Å². The molecule has 2 unspecified atom stereocenters. The molecule has 2 N–H and O–H groups in total. The molecule has 2 aliphatic rings. The number of hydrogen-bond donors (Lipinski definition) is 1. The largest absolute Gasteiger partial charge is 0.327 e. The lowest BCUT2D eigenvalue weighted by molar-refractivity contribution is 0.137. The monoisotopic (exact) mass is 346 g/mol. The molecule has 2 aromatic carbocycles. The molecule has 0 bridgehead atoms. The van der Waals surface area contributed by atoms with Gasteiger partial charge in [0.25, 0.3) is 0 Å². The van der Waals surface area contributed by atoms with Gasteiger partial charge in [0.15, 0.2) is 11.6 Å². The highest BCUT2D eigenvalue weighted by atomic mass is 19.2. The van der Waals surface area contributed by atoms with Gasteiger partial charge >= 0.3 is 0 Å². The summed E-state index contributed by atoms with van der Waals surface area (Å²) in [7, 11) is 0. The van der Waals surface area contributed by atoms with Crippen molar-refractivity contribution < 1.29 is 13.2 Å². The summed E-state index contributed by atoms with van der Waals surface area (Å²) in [5.41, 5.74) is 9.23. The average molecular weight is 346 g/mol. The fourth-order valence-corrected chi connectivity index (χ4v) is 4.34. The third-order valence-electron chi connectivity index (χ3n) is 5.69. The lowest BCUT2D eigenvalue weighted by atomic mass is 9.77. The minimum absolute atomic E-state index is 0.203. The second-order valence-electron chi connectivity index (χ2n) is 7.20. The van der Waals surface area contributed by atoms with Crippen LogP contribution in [-0.2, 0) is 13.1 Å². The Morgan fingerprint density at radius 1 is 0.880 bits per heavy atom. The zero-order valence-corrected chi connectivity index (χ0v) is 13.9. The maximum absolute atomic E-state index is 14.1. The highest BCUT2D eigenvalue weighted by Gasteiger charge is 2.35. The molecule has 1 heterocycles. The second kappa shape index (κ2) is 6.46. The van der Waals surface area contributed by atoms with Crippen molar-refractivity contribution in [1.29, 1.82) is 0 Å². The van der Waals surface area contributed by atoms with Gasteiger partial charge in [-0.3, -0.25) is 4.90 Å². The smallest absolute Gasteiger partial charge is 0.161 e. The predicted octanol–water partition coefficient (Wildman–Crippen LogP) is 4.08. The van der Waals surface area contributed by atoms with E-state index < -0.39 is 17.5 Å². The molecule has 1 saturated carbocycles. The molecule has 4 rings (SSSR count). The van der Waals surface area contributed by atoms with E-state index in [1.807, 2.05) is 0 Å². The van der Waals surface area contributed by atoms with Crippen molar-refractivity contribution in [2.24, 2.45) is 5.73 Å². The van der Waals surface area contributed by atoms with Gasteiger partial charge < -0.3 is 5.73 Å². The maximum atomic E-state index is 14.1. The molecule has 0 radical (unpaired) electrons. The van der Waals surface area contributed by atoms with E-state index in [-0.39, 0.29) is 17.5 Å². The average Bonchev–Trinajstić information content (AvgIpc) is 3.02. The van der Waals surface area contributed by atoms with Crippen LogP contribution in [0.25, 0.3) is 0 Å². The molecule has 0 amide bonds. The fourth-order valence-electron chi connectivity index (χ4n) is 4.34. The van der Waals surface area contributed by atoms with Crippen LogP contribution in [0.5, 0.6) is 0 Å². The van der Waals surface area contributed by atoms with Crippen LogP contribution < -0.4 is 5.73 Å². The molecule has 0 saturated heterocycles. The van der Waals surface area contributed by atoms with Crippen LogP contribution in [0.2, 0.25) is 0 Å². The van der Waals surface area contributed by atoms with Crippen LogP contribution in [0.15, 0.2) is 36.4 Å². The van der Waals surface area contributed by atoms with Crippen LogP contribution in [-0.4, -0.2) is 17.0 Å². The van der Waals surface area contributed by atoms with Gasteiger partial charge in [-0.1, -0.05) is 24.3 Å². The van der Waals surface area contributed by atoms with Crippen LogP contribution in [0, 0.1) is 17.5 Å². The van der Waals surface area contributed by atoms with Crippen LogP contribution >= 0.6 is 0 Å². The van der Waals surface area contributed by atoms with Gasteiger partial charge in [-0.15, -0.1) is 0 Å². The zero-order valence-electron chi connectivity index (χ0n) is 13.9. The van der Waals surface area contributed by atoms with E-state index in [0.717, 1.165) is 32.0 Å². The SMILES string of the molecule is NC1CC(N2Cc3ccccc3C2)CC[C@@H]1c1cc(F)c(F)cc1F. The molecule has 3 atom stereocenters. The van der Waals surface area contributed by atoms with Gasteiger partial charge in [-0.25, -0.2) is 13.2 Å². The first-order valence-corrected chi connectivity index (χ1v) is 8.74. The first-order valence-electron chi connectivity index (χ1n) is 8.74. The third kappa shape index (κ3) is 3.07. The summed E-state index contributed by atoms with van der Waals surface area (Å²) in [5.74, 6) is -3.14. The standard InChI is InChI=1S/C20H21F3N2/c21-17-9-19(23)18(22)8-16(17)15-6-5-14(7-20(15)24)25-10-12-3-1-2-4-13(12)11-25/h1-4,8-9,14-15,20H,5-7,10-11,24H2/t14?,15-,20?/m1/s1. The molecule has 1 fully saturated rings. The minimum atomic E-state index is -1.15. The van der Waals surface area contributed by atoms with E-state index in [0.29, 0.717) is 18.5 Å². The van der Waals surface area contributed by atoms with Gasteiger partial charge in [0.05, 0.1) is 0 Å². The summed E-state index contributed by atoms with van der Waals surface area (Å²) in [6.45, 7) is 1.83. The van der Waals surface area contributed by atoms with Crippen molar-refractivity contribution in [1.82, 2.24) is 4.90 Å². The number of nitrogens with zero attached hydrogens (tertiary/aromatic N) is 1. The number of halogens is 3. The molecule has 132 valence electrons. The van der Waals surface area contributed by atoms with Crippen molar-refractivity contribution in [3.8, 4) is 0 Å². The number of benzene rings is 2. The van der Waals surface area contributed by atoms with Gasteiger partial charge in [0.1, 0.15) is 5.82 Å². The van der Waals surface area contributed by atoms with E-state index in [1.165, 1.54) is 11.1 Å². The molecule has 2 nitrogen and oxygen atoms in total. The summed E-state index contributed by atoms with van der Waals surface area (Å²) in [6.07, 6.45) is 2.29. The summed E-state index contributed by atoms with van der Waals surface area (Å²) >= 11 is 0. The Kier molecular flexibility index (Phi) is 4.29. The molecule has 0 spiro atoms. The lowest BCUT2D eigenvalue weighted by Gasteiger charge is -2.38. The number of hydrogen-bond acceptors (Lipinski definition) is 2. The molecule has 0 aromatic heterocycles. The van der Waals surface area contributed by atoms with Gasteiger partial charge in [0.2, 0.25) is 0 Å². The Morgan fingerprint density at radius 2 is 1.52 bits per heavy atom. The first-order chi connectivity index (χ1) is 12.0. The van der Waals surface area contributed by atoms with E-state index in [1.54, 1.807) is 0 Å². The van der Waals surface area contributed by atoms with E-state index in [4.69, 9.17) is 5.73 Å². The van der Waals surface area contributed by atoms with Crippen molar-refractivity contribution in [2.75, 3.05) is 0 Å². The van der Waals surface area contributed by atoms with E-state index in [9.17, 15) is 13.2 Å². The van der Waals surface area contributed by atoms with Gasteiger partial charge in [-0.2, -0.15) is 0 Å². The molecule has 2 aromatic rings. The molecule has 5 heteroatoms. The van der Waals surface area contributed by atoms with Crippen LogP contribution in [0.4, 0.5) is 13.2 Å². The quantitative estimate of drug-likeness (QED) is 0.830. The van der Waals surface area contributed by atoms with Gasteiger partial charge in [-0.05, 0) is 42.0 Å². The minimum Gasteiger partial charge on any atom is -0.327 e. The van der Waals surface area contributed by atoms with Crippen molar-refractivity contribution in [3.63, 3.8) is 0 Å². The summed E-state index contributed by atoms with van der Waals surface area (Å²) in [5, 5.41) is 0. The summed E-state index contributed by atoms with van der Waals surface area (Å²) < 4.78 is 40.8. The Bertz CT molecular complexity index is 768. The molecular weight excluding hydrogens is 325 g/mol. The Hall–Kier alpha value is -1.85.